The van der Waals surface area contributed by atoms with Gasteiger partial charge in [-0.3, -0.25) is 4.79 Å². The molecule has 0 saturated carbocycles. The van der Waals surface area contributed by atoms with Gasteiger partial charge in [0.2, 0.25) is 5.43 Å². The predicted molar refractivity (Wildman–Crippen MR) is 136 cm³/mol. The Bertz CT molecular complexity index is 1590. The Labute approximate surface area is 203 Å². The summed E-state index contributed by atoms with van der Waals surface area (Å²) >= 11 is 6.20. The Morgan fingerprint density at radius 1 is 0.600 bits per heavy atom. The second kappa shape index (κ2) is 8.33. The molecule has 0 amide bonds. The third-order valence-corrected chi connectivity index (χ3v) is 7.53. The van der Waals surface area contributed by atoms with E-state index in [0.717, 1.165) is 14.8 Å². The Morgan fingerprint density at radius 2 is 1.11 bits per heavy atom. The molecule has 0 spiro atoms. The van der Waals surface area contributed by atoms with E-state index in [-0.39, 0.29) is 15.9 Å². The fourth-order valence-electron chi connectivity index (χ4n) is 3.62. The molecule has 0 fully saturated rings. The standard InChI is InChI=1S/C25H16ClOS.F6P/c26-19-12-15-24-22(16-19)25(27)21-8-4-5-9-23(21)28(24)20-13-10-18(11-14-20)17-6-2-1-3-7-17;1-7(2,3,4,5)6/h1-16H;/q+1;-1. The molecule has 0 aliphatic heterocycles. The summed E-state index contributed by atoms with van der Waals surface area (Å²) in [6.45, 7) is 0. The van der Waals surface area contributed by atoms with Crippen LogP contribution in [0.4, 0.5) is 25.2 Å². The minimum atomic E-state index is -10.7. The van der Waals surface area contributed by atoms with E-state index in [0.29, 0.717) is 10.4 Å². The van der Waals surface area contributed by atoms with Gasteiger partial charge in [-0.25, -0.2) is 0 Å². The van der Waals surface area contributed by atoms with E-state index >= 15 is 0 Å². The molecule has 0 saturated heterocycles. The number of halogens is 7. The molecule has 0 bridgehead atoms. The van der Waals surface area contributed by atoms with Crippen molar-refractivity contribution < 1.29 is 25.2 Å². The fraction of sp³-hybridized carbons (Fsp3) is 0. The molecule has 1 aromatic heterocycles. The Kier molecular flexibility index (Phi) is 5.99. The van der Waals surface area contributed by atoms with Crippen molar-refractivity contribution in [3.63, 3.8) is 0 Å². The zero-order chi connectivity index (χ0) is 25.5. The summed E-state index contributed by atoms with van der Waals surface area (Å²) in [5.41, 5.74) is 2.44. The van der Waals surface area contributed by atoms with Gasteiger partial charge in [0.1, 0.15) is 0 Å². The van der Waals surface area contributed by atoms with Crippen molar-refractivity contribution in [2.45, 2.75) is 0 Å². The van der Waals surface area contributed by atoms with Gasteiger partial charge in [-0.05, 0) is 59.7 Å². The van der Waals surface area contributed by atoms with Crippen molar-refractivity contribution >= 4 is 50.1 Å². The quantitative estimate of drug-likeness (QED) is 0.0934. The molecular formula is C25H16ClF6OPS. The summed E-state index contributed by atoms with van der Waals surface area (Å²) < 4.78 is 61.3. The first-order chi connectivity index (χ1) is 16.2. The van der Waals surface area contributed by atoms with Gasteiger partial charge in [0.05, 0.1) is 10.8 Å². The van der Waals surface area contributed by atoms with Crippen LogP contribution in [0, 0.1) is 0 Å². The van der Waals surface area contributed by atoms with E-state index in [9.17, 15) is 30.0 Å². The number of fused-ring (bicyclic) bond motifs is 2. The predicted octanol–water partition coefficient (Wildman–Crippen LogP) is 10.8. The van der Waals surface area contributed by atoms with E-state index in [1.165, 1.54) is 16.0 Å². The first-order valence-corrected chi connectivity index (χ1v) is 13.7. The minimum Gasteiger partial charge on any atom is -0.288 e. The first kappa shape index (κ1) is 25.2. The van der Waals surface area contributed by atoms with Crippen molar-refractivity contribution in [1.29, 1.82) is 0 Å². The molecule has 1 nitrogen and oxygen atoms in total. The largest absolute Gasteiger partial charge is 0.288 e. The number of benzene rings is 4. The van der Waals surface area contributed by atoms with Crippen LogP contribution in [0.5, 0.6) is 0 Å². The molecule has 5 aromatic rings. The Balaban J connectivity index is 0.000000364. The summed E-state index contributed by atoms with van der Waals surface area (Å²) in [6.07, 6.45) is 0. The average molecular weight is 545 g/mol. The maximum Gasteiger partial charge on any atom is 0.204 e. The van der Waals surface area contributed by atoms with Gasteiger partial charge in [-0.1, -0.05) is 54.1 Å². The molecule has 5 rings (SSSR count). The van der Waals surface area contributed by atoms with Crippen LogP contribution < -0.4 is 5.43 Å². The fourth-order valence-corrected chi connectivity index (χ4v) is 6.12. The molecule has 1 atom stereocenters. The summed E-state index contributed by atoms with van der Waals surface area (Å²) in [4.78, 5) is 14.2. The SMILES string of the molecule is F[P-](F)(F)(F)(F)F.O=c1c2ccccc2[s+](-c2ccc(-c3ccccc3)cc2)c2ccc(Cl)cc12. The smallest absolute Gasteiger partial charge is 0.204 e. The topological polar surface area (TPSA) is 17.1 Å². The monoisotopic (exact) mass is 544 g/mol. The second-order valence-electron chi connectivity index (χ2n) is 7.62. The zero-order valence-electron chi connectivity index (χ0n) is 17.6. The van der Waals surface area contributed by atoms with E-state index in [1.54, 1.807) is 6.07 Å². The third-order valence-electron chi connectivity index (χ3n) is 4.95. The van der Waals surface area contributed by atoms with Gasteiger partial charge in [0, 0.05) is 21.6 Å². The Morgan fingerprint density at radius 3 is 1.74 bits per heavy atom. The van der Waals surface area contributed by atoms with Crippen molar-refractivity contribution in [2.24, 2.45) is 0 Å². The van der Waals surface area contributed by atoms with Gasteiger partial charge < -0.3 is 0 Å². The number of hydrogen-bond acceptors (Lipinski definition) is 1. The van der Waals surface area contributed by atoms with Crippen LogP contribution in [0.2, 0.25) is 5.02 Å². The Hall–Kier alpha value is -2.93. The van der Waals surface area contributed by atoms with Gasteiger partial charge >= 0.3 is 33.0 Å². The maximum atomic E-state index is 13.0. The average Bonchev–Trinajstić information content (AvgIpc) is 2.79. The first-order valence-electron chi connectivity index (χ1n) is 10.1. The van der Waals surface area contributed by atoms with Crippen LogP contribution in [-0.4, -0.2) is 0 Å². The summed E-state index contributed by atoms with van der Waals surface area (Å²) in [5.74, 6) is 0. The molecule has 182 valence electrons. The number of rotatable bonds is 2. The van der Waals surface area contributed by atoms with E-state index in [1.807, 2.05) is 48.5 Å². The normalized spacial score (nSPS) is 14.1. The molecular weight excluding hydrogens is 529 g/mol. The maximum absolute atomic E-state index is 13.0. The summed E-state index contributed by atoms with van der Waals surface area (Å²) in [6, 6.07) is 32.6. The van der Waals surface area contributed by atoms with E-state index in [2.05, 4.69) is 42.5 Å². The molecule has 1 unspecified atom stereocenters. The minimum absolute atomic E-state index is 0.0535. The molecule has 1 heterocycles. The summed E-state index contributed by atoms with van der Waals surface area (Å²) in [5, 5.41) is 2.07. The van der Waals surface area contributed by atoms with Crippen LogP contribution in [0.1, 0.15) is 0 Å². The zero-order valence-corrected chi connectivity index (χ0v) is 20.1. The molecule has 0 N–H and O–H groups in total. The number of hydrogen-bond donors (Lipinski definition) is 0. The molecule has 4 aromatic carbocycles. The third kappa shape index (κ3) is 6.60. The molecule has 0 radical (unpaired) electrons. The van der Waals surface area contributed by atoms with Crippen LogP contribution in [-0.2, 0) is 0 Å². The molecule has 0 aliphatic rings. The summed E-state index contributed by atoms with van der Waals surface area (Å²) in [7, 11) is -11.0. The van der Waals surface area contributed by atoms with Crippen molar-refractivity contribution in [2.75, 3.05) is 0 Å². The van der Waals surface area contributed by atoms with Crippen molar-refractivity contribution in [3.8, 4) is 16.0 Å². The van der Waals surface area contributed by atoms with Crippen LogP contribution >= 0.6 is 29.9 Å². The van der Waals surface area contributed by atoms with Gasteiger partial charge in [-0.15, -0.1) is 0 Å². The van der Waals surface area contributed by atoms with Gasteiger partial charge in [0.25, 0.3) is 0 Å². The van der Waals surface area contributed by atoms with E-state index < -0.39 is 7.81 Å². The van der Waals surface area contributed by atoms with Crippen LogP contribution in [0.3, 0.4) is 0 Å². The van der Waals surface area contributed by atoms with Gasteiger partial charge in [-0.2, -0.15) is 0 Å². The molecule has 10 heteroatoms. The van der Waals surface area contributed by atoms with Crippen LogP contribution in [0.25, 0.3) is 36.2 Å². The molecule has 0 aliphatic carbocycles. The van der Waals surface area contributed by atoms with Crippen molar-refractivity contribution in [3.05, 3.63) is 112 Å². The second-order valence-corrected chi connectivity index (χ2v) is 11.9. The van der Waals surface area contributed by atoms with Crippen LogP contribution in [0.15, 0.2) is 102 Å². The molecule has 35 heavy (non-hydrogen) atoms. The van der Waals surface area contributed by atoms with Gasteiger partial charge in [0.15, 0.2) is 14.3 Å². The van der Waals surface area contributed by atoms with Crippen molar-refractivity contribution in [1.82, 2.24) is 0 Å². The van der Waals surface area contributed by atoms with E-state index in [4.69, 9.17) is 11.6 Å².